The van der Waals surface area contributed by atoms with Crippen molar-refractivity contribution in [3.8, 4) is 0 Å². The second-order valence-corrected chi connectivity index (χ2v) is 6.81. The van der Waals surface area contributed by atoms with Crippen LogP contribution in [0.4, 0.5) is 4.39 Å². The first-order valence-electron chi connectivity index (χ1n) is 7.94. The number of hydrogen-bond donors (Lipinski definition) is 2. The molecule has 4 nitrogen and oxygen atoms in total. The Labute approximate surface area is 150 Å². The molecule has 6 heteroatoms. The fourth-order valence-corrected chi connectivity index (χ4v) is 3.11. The summed E-state index contributed by atoms with van der Waals surface area (Å²) in [5, 5.41) is 11.8. The van der Waals surface area contributed by atoms with Crippen molar-refractivity contribution in [2.75, 3.05) is 12.3 Å². The average molecular weight is 361 g/mol. The molecule has 0 radical (unpaired) electrons. The maximum atomic E-state index is 12.9. The molecular weight excluding hydrogens is 341 g/mol. The summed E-state index contributed by atoms with van der Waals surface area (Å²) in [6, 6.07) is 12.9. The molecule has 0 bridgehead atoms. The number of carboxylic acid groups (broad SMARTS) is 1. The maximum absolute atomic E-state index is 12.9. The van der Waals surface area contributed by atoms with Crippen LogP contribution < -0.4 is 5.32 Å². The van der Waals surface area contributed by atoms with Gasteiger partial charge in [-0.3, -0.25) is 4.79 Å². The van der Waals surface area contributed by atoms with Crippen molar-refractivity contribution >= 4 is 23.6 Å². The number of halogens is 1. The quantitative estimate of drug-likeness (QED) is 0.705. The summed E-state index contributed by atoms with van der Waals surface area (Å²) in [6.45, 7) is 2.30. The fraction of sp³-hybridized carbons (Fsp3) is 0.263. The Morgan fingerprint density at radius 2 is 1.92 bits per heavy atom. The van der Waals surface area contributed by atoms with Crippen molar-refractivity contribution in [2.45, 2.75) is 18.2 Å². The number of carbonyl (C=O) groups excluding carboxylic acids is 1. The number of carboxylic acids is 1. The molecule has 25 heavy (non-hydrogen) atoms. The van der Waals surface area contributed by atoms with Gasteiger partial charge in [-0.05, 0) is 48.4 Å². The summed E-state index contributed by atoms with van der Waals surface area (Å²) in [5.41, 5.74) is 1.11. The number of amides is 1. The normalized spacial score (nSPS) is 11.8. The minimum absolute atomic E-state index is 0.0519. The molecule has 0 fully saturated rings. The summed E-state index contributed by atoms with van der Waals surface area (Å²) in [6.07, 6.45) is 0.574. The Bertz CT molecular complexity index is 734. The molecule has 0 saturated heterocycles. The van der Waals surface area contributed by atoms with E-state index in [4.69, 9.17) is 5.11 Å². The molecule has 2 rings (SSSR count). The van der Waals surface area contributed by atoms with Gasteiger partial charge in [-0.25, -0.2) is 9.18 Å². The first-order valence-corrected chi connectivity index (χ1v) is 8.92. The highest BCUT2D eigenvalue weighted by atomic mass is 32.2. The number of benzene rings is 2. The lowest BCUT2D eigenvalue weighted by molar-refractivity contribution is -0.123. The SMILES string of the molecule is CC(CSc1ccc(F)cc1)C(=O)NCCc1cccc(C(=O)O)c1. The van der Waals surface area contributed by atoms with E-state index < -0.39 is 5.97 Å². The van der Waals surface area contributed by atoms with Crippen LogP contribution in [0.5, 0.6) is 0 Å². The van der Waals surface area contributed by atoms with Gasteiger partial charge in [0.1, 0.15) is 5.82 Å². The van der Waals surface area contributed by atoms with Gasteiger partial charge in [0, 0.05) is 23.1 Å². The van der Waals surface area contributed by atoms with Crippen molar-refractivity contribution in [1.82, 2.24) is 5.32 Å². The van der Waals surface area contributed by atoms with E-state index in [-0.39, 0.29) is 23.2 Å². The van der Waals surface area contributed by atoms with Gasteiger partial charge in [0.05, 0.1) is 5.56 Å². The van der Waals surface area contributed by atoms with E-state index in [1.54, 1.807) is 30.3 Å². The van der Waals surface area contributed by atoms with Crippen LogP contribution >= 0.6 is 11.8 Å². The molecule has 0 aromatic heterocycles. The minimum atomic E-state index is -0.961. The van der Waals surface area contributed by atoms with Gasteiger partial charge in [-0.2, -0.15) is 0 Å². The van der Waals surface area contributed by atoms with E-state index in [0.717, 1.165) is 10.5 Å². The van der Waals surface area contributed by atoms with Crippen LogP contribution in [0.25, 0.3) is 0 Å². The molecule has 0 aliphatic rings. The summed E-state index contributed by atoms with van der Waals surface area (Å²) >= 11 is 1.51. The maximum Gasteiger partial charge on any atom is 0.335 e. The van der Waals surface area contributed by atoms with Crippen LogP contribution in [-0.4, -0.2) is 29.3 Å². The molecule has 2 aromatic carbocycles. The zero-order valence-electron chi connectivity index (χ0n) is 13.9. The number of thioether (sulfide) groups is 1. The lowest BCUT2D eigenvalue weighted by Crippen LogP contribution is -2.32. The molecule has 2 N–H and O–H groups in total. The number of aromatic carboxylic acids is 1. The van der Waals surface area contributed by atoms with E-state index in [0.29, 0.717) is 18.7 Å². The molecule has 0 spiro atoms. The number of hydrogen-bond acceptors (Lipinski definition) is 3. The Morgan fingerprint density at radius 3 is 2.60 bits per heavy atom. The van der Waals surface area contributed by atoms with E-state index in [1.807, 2.05) is 13.0 Å². The van der Waals surface area contributed by atoms with Gasteiger partial charge in [0.15, 0.2) is 0 Å². The van der Waals surface area contributed by atoms with Crippen LogP contribution in [0.3, 0.4) is 0 Å². The van der Waals surface area contributed by atoms with Gasteiger partial charge in [0.25, 0.3) is 0 Å². The fourth-order valence-electron chi connectivity index (χ4n) is 2.19. The van der Waals surface area contributed by atoms with Gasteiger partial charge < -0.3 is 10.4 Å². The van der Waals surface area contributed by atoms with E-state index in [2.05, 4.69) is 5.32 Å². The van der Waals surface area contributed by atoms with Crippen LogP contribution in [0, 0.1) is 11.7 Å². The standard InChI is InChI=1S/C19H20FNO3S/c1-13(12-25-17-7-5-16(20)6-8-17)18(22)21-10-9-14-3-2-4-15(11-14)19(23)24/h2-8,11,13H,9-10,12H2,1H3,(H,21,22)(H,23,24). The smallest absolute Gasteiger partial charge is 0.335 e. The zero-order valence-corrected chi connectivity index (χ0v) is 14.7. The molecule has 1 amide bonds. The highest BCUT2D eigenvalue weighted by molar-refractivity contribution is 7.99. The predicted molar refractivity (Wildman–Crippen MR) is 96.4 cm³/mol. The van der Waals surface area contributed by atoms with E-state index >= 15 is 0 Å². The molecule has 0 saturated carbocycles. The summed E-state index contributed by atoms with van der Waals surface area (Å²) in [5.74, 6) is -0.866. The van der Waals surface area contributed by atoms with E-state index in [1.165, 1.54) is 23.9 Å². The molecule has 1 atom stereocenters. The first-order chi connectivity index (χ1) is 12.0. The number of carbonyl (C=O) groups is 2. The highest BCUT2D eigenvalue weighted by Crippen LogP contribution is 2.21. The number of rotatable bonds is 8. The molecular formula is C19H20FNO3S. The van der Waals surface area contributed by atoms with Crippen molar-refractivity contribution in [3.63, 3.8) is 0 Å². The molecule has 132 valence electrons. The minimum Gasteiger partial charge on any atom is -0.478 e. The van der Waals surface area contributed by atoms with Gasteiger partial charge in [-0.1, -0.05) is 19.1 Å². The second-order valence-electron chi connectivity index (χ2n) is 5.71. The van der Waals surface area contributed by atoms with Gasteiger partial charge in [-0.15, -0.1) is 11.8 Å². The van der Waals surface area contributed by atoms with Crippen LogP contribution in [0.1, 0.15) is 22.8 Å². The van der Waals surface area contributed by atoms with Gasteiger partial charge >= 0.3 is 5.97 Å². The van der Waals surface area contributed by atoms with Crippen molar-refractivity contribution < 1.29 is 19.1 Å². The topological polar surface area (TPSA) is 66.4 Å². The predicted octanol–water partition coefficient (Wildman–Crippen LogP) is 3.61. The monoisotopic (exact) mass is 361 g/mol. The Morgan fingerprint density at radius 1 is 1.20 bits per heavy atom. The molecule has 1 unspecified atom stereocenters. The first kappa shape index (κ1) is 19.0. The average Bonchev–Trinajstić information content (AvgIpc) is 2.61. The molecule has 0 aliphatic carbocycles. The van der Waals surface area contributed by atoms with E-state index in [9.17, 15) is 14.0 Å². The molecule has 2 aromatic rings. The summed E-state index contributed by atoms with van der Waals surface area (Å²) < 4.78 is 12.9. The molecule has 0 heterocycles. The van der Waals surface area contributed by atoms with Crippen molar-refractivity contribution in [1.29, 1.82) is 0 Å². The summed E-state index contributed by atoms with van der Waals surface area (Å²) in [4.78, 5) is 24.0. The molecule has 0 aliphatic heterocycles. The number of nitrogens with one attached hydrogen (secondary N) is 1. The van der Waals surface area contributed by atoms with Crippen LogP contribution in [0.2, 0.25) is 0 Å². The third kappa shape index (κ3) is 6.23. The Kier molecular flexibility index (Phi) is 7.01. The lowest BCUT2D eigenvalue weighted by atomic mass is 10.1. The largest absolute Gasteiger partial charge is 0.478 e. The lowest BCUT2D eigenvalue weighted by Gasteiger charge is -2.12. The van der Waals surface area contributed by atoms with Crippen LogP contribution in [-0.2, 0) is 11.2 Å². The third-order valence-corrected chi connectivity index (χ3v) is 4.92. The van der Waals surface area contributed by atoms with Crippen LogP contribution in [0.15, 0.2) is 53.4 Å². The Balaban J connectivity index is 1.74. The Hall–Kier alpha value is -2.34. The third-order valence-electron chi connectivity index (χ3n) is 3.65. The zero-order chi connectivity index (χ0) is 18.2. The van der Waals surface area contributed by atoms with Crippen molar-refractivity contribution in [3.05, 3.63) is 65.5 Å². The summed E-state index contributed by atoms with van der Waals surface area (Å²) in [7, 11) is 0. The highest BCUT2D eigenvalue weighted by Gasteiger charge is 2.13. The second kappa shape index (κ2) is 9.22. The van der Waals surface area contributed by atoms with Crippen molar-refractivity contribution in [2.24, 2.45) is 5.92 Å². The van der Waals surface area contributed by atoms with Gasteiger partial charge in [0.2, 0.25) is 5.91 Å².